The monoisotopic (exact) mass is 370 g/mol. The maximum atomic E-state index is 13.2. The first-order valence-corrected chi connectivity index (χ1v) is 9.19. The molecule has 0 saturated carbocycles. The van der Waals surface area contributed by atoms with Gasteiger partial charge in [-0.3, -0.25) is 9.59 Å². The Balaban J connectivity index is 2.23. The number of hydrogen-bond acceptors (Lipinski definition) is 2. The van der Waals surface area contributed by atoms with Crippen LogP contribution in [0, 0.1) is 19.7 Å². The number of carbonyl (C=O) groups excluding carboxylic acids is 2. The zero-order valence-electron chi connectivity index (χ0n) is 16.4. The van der Waals surface area contributed by atoms with Crippen LogP contribution in [0.3, 0.4) is 0 Å². The van der Waals surface area contributed by atoms with Crippen molar-refractivity contribution in [2.75, 3.05) is 6.54 Å². The van der Waals surface area contributed by atoms with Gasteiger partial charge in [0.15, 0.2) is 0 Å². The van der Waals surface area contributed by atoms with Crippen LogP contribution >= 0.6 is 0 Å². The molecule has 1 N–H and O–H groups in total. The van der Waals surface area contributed by atoms with Crippen molar-refractivity contribution >= 4 is 11.8 Å². The van der Waals surface area contributed by atoms with Crippen LogP contribution in [0.4, 0.5) is 4.39 Å². The van der Waals surface area contributed by atoms with Gasteiger partial charge in [0, 0.05) is 13.1 Å². The van der Waals surface area contributed by atoms with Crippen LogP contribution in [0.15, 0.2) is 42.5 Å². The van der Waals surface area contributed by atoms with Crippen molar-refractivity contribution in [3.05, 3.63) is 70.5 Å². The normalized spacial score (nSPS) is 11.7. The second kappa shape index (κ2) is 9.31. The SMILES string of the molecule is CCNC(=O)[C@@H](C)N(Cc1ccc(F)cc1)C(=O)Cc1ccc(C)c(C)c1. The quantitative estimate of drug-likeness (QED) is 0.810. The van der Waals surface area contributed by atoms with Crippen molar-refractivity contribution in [2.24, 2.45) is 0 Å². The highest BCUT2D eigenvalue weighted by molar-refractivity contribution is 5.88. The van der Waals surface area contributed by atoms with Gasteiger partial charge in [0.1, 0.15) is 11.9 Å². The van der Waals surface area contributed by atoms with Gasteiger partial charge in [0.25, 0.3) is 0 Å². The fourth-order valence-corrected chi connectivity index (χ4v) is 2.88. The van der Waals surface area contributed by atoms with Crippen molar-refractivity contribution < 1.29 is 14.0 Å². The summed E-state index contributed by atoms with van der Waals surface area (Å²) in [5.74, 6) is -0.669. The molecule has 0 aliphatic heterocycles. The molecular formula is C22H27FN2O2. The second-order valence-corrected chi connectivity index (χ2v) is 6.81. The number of nitrogens with one attached hydrogen (secondary N) is 1. The molecule has 1 atom stereocenters. The van der Waals surface area contributed by atoms with Gasteiger partial charge in [-0.05, 0) is 62.1 Å². The summed E-state index contributed by atoms with van der Waals surface area (Å²) >= 11 is 0. The summed E-state index contributed by atoms with van der Waals surface area (Å²) in [5.41, 5.74) is 3.99. The number of aryl methyl sites for hydroxylation is 2. The van der Waals surface area contributed by atoms with E-state index in [2.05, 4.69) is 5.32 Å². The van der Waals surface area contributed by atoms with E-state index >= 15 is 0 Å². The molecule has 0 aromatic heterocycles. The van der Waals surface area contributed by atoms with E-state index in [0.717, 1.165) is 16.7 Å². The highest BCUT2D eigenvalue weighted by Crippen LogP contribution is 2.15. The number of benzene rings is 2. The largest absolute Gasteiger partial charge is 0.355 e. The number of carbonyl (C=O) groups is 2. The fourth-order valence-electron chi connectivity index (χ4n) is 2.88. The molecule has 2 aromatic rings. The Morgan fingerprint density at radius 2 is 1.67 bits per heavy atom. The summed E-state index contributed by atoms with van der Waals surface area (Å²) in [6.07, 6.45) is 0.214. The molecule has 5 heteroatoms. The first-order chi connectivity index (χ1) is 12.8. The number of likely N-dealkylation sites (N-methyl/N-ethyl adjacent to an activating group) is 1. The van der Waals surface area contributed by atoms with Gasteiger partial charge >= 0.3 is 0 Å². The van der Waals surface area contributed by atoms with E-state index in [1.165, 1.54) is 17.7 Å². The number of halogens is 1. The van der Waals surface area contributed by atoms with E-state index in [1.54, 1.807) is 24.0 Å². The van der Waals surface area contributed by atoms with Gasteiger partial charge in [-0.2, -0.15) is 0 Å². The first kappa shape index (κ1) is 20.6. The predicted molar refractivity (Wildman–Crippen MR) is 105 cm³/mol. The van der Waals surface area contributed by atoms with Gasteiger partial charge in [0.2, 0.25) is 11.8 Å². The molecule has 0 fully saturated rings. The lowest BCUT2D eigenvalue weighted by molar-refractivity contribution is -0.140. The summed E-state index contributed by atoms with van der Waals surface area (Å²) < 4.78 is 13.2. The molecular weight excluding hydrogens is 343 g/mol. The van der Waals surface area contributed by atoms with Gasteiger partial charge < -0.3 is 10.2 Å². The average Bonchev–Trinajstić information content (AvgIpc) is 2.64. The van der Waals surface area contributed by atoms with Crippen LogP contribution in [0.25, 0.3) is 0 Å². The minimum atomic E-state index is -0.617. The third-order valence-corrected chi connectivity index (χ3v) is 4.71. The lowest BCUT2D eigenvalue weighted by atomic mass is 10.0. The molecule has 2 amide bonds. The van der Waals surface area contributed by atoms with Crippen molar-refractivity contribution in [3.8, 4) is 0 Å². The molecule has 0 radical (unpaired) electrons. The predicted octanol–water partition coefficient (Wildman–Crippen LogP) is 3.54. The maximum absolute atomic E-state index is 13.2. The third kappa shape index (κ3) is 5.64. The van der Waals surface area contributed by atoms with Crippen molar-refractivity contribution in [1.29, 1.82) is 0 Å². The number of rotatable bonds is 7. The molecule has 4 nitrogen and oxygen atoms in total. The van der Waals surface area contributed by atoms with Crippen LogP contribution in [-0.4, -0.2) is 29.3 Å². The van der Waals surface area contributed by atoms with Crippen molar-refractivity contribution in [2.45, 2.75) is 46.7 Å². The Kier molecular flexibility index (Phi) is 7.11. The van der Waals surface area contributed by atoms with Gasteiger partial charge in [-0.15, -0.1) is 0 Å². The third-order valence-electron chi connectivity index (χ3n) is 4.71. The maximum Gasteiger partial charge on any atom is 0.242 e. The van der Waals surface area contributed by atoms with Crippen LogP contribution in [0.5, 0.6) is 0 Å². The molecule has 0 saturated heterocycles. The van der Waals surface area contributed by atoms with E-state index in [0.29, 0.717) is 6.54 Å². The Bertz CT molecular complexity index is 802. The smallest absolute Gasteiger partial charge is 0.242 e. The molecule has 0 aliphatic carbocycles. The Hall–Kier alpha value is -2.69. The fraction of sp³-hybridized carbons (Fsp3) is 0.364. The molecule has 0 bridgehead atoms. The molecule has 2 rings (SSSR count). The Labute approximate surface area is 160 Å². The minimum absolute atomic E-state index is 0.138. The van der Waals surface area contributed by atoms with Gasteiger partial charge in [0.05, 0.1) is 6.42 Å². The molecule has 2 aromatic carbocycles. The zero-order chi connectivity index (χ0) is 20.0. The lowest BCUT2D eigenvalue weighted by Crippen LogP contribution is -2.48. The summed E-state index contributed by atoms with van der Waals surface area (Å²) in [7, 11) is 0. The topological polar surface area (TPSA) is 49.4 Å². The summed E-state index contributed by atoms with van der Waals surface area (Å²) in [6.45, 7) is 8.34. The van der Waals surface area contributed by atoms with E-state index < -0.39 is 6.04 Å². The molecule has 0 aliphatic rings. The standard InChI is InChI=1S/C22H27FN2O2/c1-5-24-22(27)17(4)25(14-18-8-10-20(23)11-9-18)21(26)13-19-7-6-15(2)16(3)12-19/h6-12,17H,5,13-14H2,1-4H3,(H,24,27)/t17-/m1/s1. The Morgan fingerprint density at radius 1 is 1.04 bits per heavy atom. The summed E-state index contributed by atoms with van der Waals surface area (Å²) in [6, 6.07) is 11.3. The first-order valence-electron chi connectivity index (χ1n) is 9.19. The van der Waals surface area contributed by atoms with Crippen LogP contribution < -0.4 is 5.32 Å². The van der Waals surface area contributed by atoms with Crippen LogP contribution in [0.2, 0.25) is 0 Å². The van der Waals surface area contributed by atoms with Crippen LogP contribution in [0.1, 0.15) is 36.1 Å². The number of amides is 2. The Morgan fingerprint density at radius 3 is 2.26 bits per heavy atom. The molecule has 0 heterocycles. The molecule has 0 unspecified atom stereocenters. The number of nitrogens with zero attached hydrogens (tertiary/aromatic N) is 1. The van der Waals surface area contributed by atoms with Gasteiger partial charge in [-0.1, -0.05) is 30.3 Å². The molecule has 27 heavy (non-hydrogen) atoms. The second-order valence-electron chi connectivity index (χ2n) is 6.81. The molecule has 144 valence electrons. The average molecular weight is 370 g/mol. The van der Waals surface area contributed by atoms with Gasteiger partial charge in [-0.25, -0.2) is 4.39 Å². The highest BCUT2D eigenvalue weighted by Gasteiger charge is 2.25. The highest BCUT2D eigenvalue weighted by atomic mass is 19.1. The summed E-state index contributed by atoms with van der Waals surface area (Å²) in [5, 5.41) is 2.76. The van der Waals surface area contributed by atoms with Crippen molar-refractivity contribution in [1.82, 2.24) is 10.2 Å². The van der Waals surface area contributed by atoms with Crippen LogP contribution in [-0.2, 0) is 22.6 Å². The molecule has 0 spiro atoms. The van der Waals surface area contributed by atoms with E-state index in [4.69, 9.17) is 0 Å². The zero-order valence-corrected chi connectivity index (χ0v) is 16.4. The van der Waals surface area contributed by atoms with E-state index in [1.807, 2.05) is 39.0 Å². The minimum Gasteiger partial charge on any atom is -0.355 e. The number of hydrogen-bond donors (Lipinski definition) is 1. The lowest BCUT2D eigenvalue weighted by Gasteiger charge is -2.29. The van der Waals surface area contributed by atoms with E-state index in [9.17, 15) is 14.0 Å². The van der Waals surface area contributed by atoms with Crippen molar-refractivity contribution in [3.63, 3.8) is 0 Å². The van der Waals surface area contributed by atoms with E-state index in [-0.39, 0.29) is 30.6 Å². The summed E-state index contributed by atoms with van der Waals surface area (Å²) in [4.78, 5) is 26.9.